The Labute approximate surface area is 134 Å². The molecule has 1 aromatic rings. The van der Waals surface area contributed by atoms with Crippen LogP contribution >= 0.6 is 0 Å². The first-order valence-electron chi connectivity index (χ1n) is 8.58. The van der Waals surface area contributed by atoms with Gasteiger partial charge >= 0.3 is 5.97 Å². The van der Waals surface area contributed by atoms with Gasteiger partial charge in [-0.05, 0) is 44.1 Å². The molecule has 0 N–H and O–H groups in total. The number of allylic oxidation sites excluding steroid dienone is 1. The number of hydrogen-bond acceptors (Lipinski definition) is 2. The van der Waals surface area contributed by atoms with Gasteiger partial charge in [0, 0.05) is 12.0 Å². The summed E-state index contributed by atoms with van der Waals surface area (Å²) >= 11 is 0. The molecular formula is C20H28O2. The fourth-order valence-corrected chi connectivity index (χ4v) is 3.18. The molecule has 0 bridgehead atoms. The van der Waals surface area contributed by atoms with Crippen molar-refractivity contribution in [3.05, 3.63) is 47.0 Å². The van der Waals surface area contributed by atoms with Gasteiger partial charge in [0.2, 0.25) is 0 Å². The van der Waals surface area contributed by atoms with E-state index in [2.05, 4.69) is 26.0 Å². The summed E-state index contributed by atoms with van der Waals surface area (Å²) in [5.41, 5.74) is 3.30. The maximum Gasteiger partial charge on any atom is 0.334 e. The number of esters is 1. The van der Waals surface area contributed by atoms with Gasteiger partial charge in [-0.25, -0.2) is 4.79 Å². The SMILES string of the molecule is CCCC[C@@H]1C[C@H]1/C(C)=C(\Cc1ccccc1)C(=O)OCC. The summed E-state index contributed by atoms with van der Waals surface area (Å²) in [6, 6.07) is 10.2. The van der Waals surface area contributed by atoms with Gasteiger partial charge in [0.05, 0.1) is 6.61 Å². The lowest BCUT2D eigenvalue weighted by molar-refractivity contribution is -0.138. The number of rotatable bonds is 8. The highest BCUT2D eigenvalue weighted by atomic mass is 16.5. The molecule has 1 saturated carbocycles. The van der Waals surface area contributed by atoms with Crippen LogP contribution in [0.3, 0.4) is 0 Å². The normalized spacial score (nSPS) is 21.2. The Bertz CT molecular complexity index is 516. The van der Waals surface area contributed by atoms with E-state index >= 15 is 0 Å². The standard InChI is InChI=1S/C20H28O2/c1-4-6-12-17-14-18(17)15(3)19(20(21)22-5-2)13-16-10-8-7-9-11-16/h7-11,17-18H,4-6,12-14H2,1-3H3/b19-15+/t17-,18+/m1/s1. The van der Waals surface area contributed by atoms with Crippen molar-refractivity contribution >= 4 is 5.97 Å². The van der Waals surface area contributed by atoms with Crippen molar-refractivity contribution in [2.45, 2.75) is 52.9 Å². The highest BCUT2D eigenvalue weighted by Crippen LogP contribution is 2.48. The third kappa shape index (κ3) is 4.46. The zero-order valence-electron chi connectivity index (χ0n) is 14.1. The Morgan fingerprint density at radius 1 is 1.23 bits per heavy atom. The van der Waals surface area contributed by atoms with Gasteiger partial charge in [-0.3, -0.25) is 0 Å². The minimum atomic E-state index is -0.134. The van der Waals surface area contributed by atoms with Crippen LogP contribution in [0, 0.1) is 11.8 Å². The Morgan fingerprint density at radius 3 is 2.59 bits per heavy atom. The molecule has 1 aliphatic carbocycles. The lowest BCUT2D eigenvalue weighted by Gasteiger charge is -2.12. The van der Waals surface area contributed by atoms with Gasteiger partial charge in [-0.2, -0.15) is 0 Å². The molecule has 22 heavy (non-hydrogen) atoms. The van der Waals surface area contributed by atoms with E-state index < -0.39 is 0 Å². The van der Waals surface area contributed by atoms with Crippen LogP contribution in [0.1, 0.15) is 52.0 Å². The molecule has 2 nitrogen and oxygen atoms in total. The molecular weight excluding hydrogens is 272 g/mol. The minimum absolute atomic E-state index is 0.134. The summed E-state index contributed by atoms with van der Waals surface area (Å²) < 4.78 is 5.29. The van der Waals surface area contributed by atoms with E-state index in [4.69, 9.17) is 4.74 Å². The summed E-state index contributed by atoms with van der Waals surface area (Å²) in [4.78, 5) is 12.4. The second-order valence-corrected chi connectivity index (χ2v) is 6.29. The lowest BCUT2D eigenvalue weighted by atomic mass is 9.96. The van der Waals surface area contributed by atoms with E-state index in [1.54, 1.807) is 0 Å². The summed E-state index contributed by atoms with van der Waals surface area (Å²) in [7, 11) is 0. The van der Waals surface area contributed by atoms with Crippen molar-refractivity contribution in [1.82, 2.24) is 0 Å². The topological polar surface area (TPSA) is 26.3 Å². The molecule has 2 heteroatoms. The third-order valence-electron chi connectivity index (χ3n) is 4.63. The van der Waals surface area contributed by atoms with Gasteiger partial charge < -0.3 is 4.74 Å². The molecule has 0 heterocycles. The zero-order chi connectivity index (χ0) is 15.9. The first kappa shape index (κ1) is 16.8. The molecule has 120 valence electrons. The van der Waals surface area contributed by atoms with Gasteiger partial charge in [0.15, 0.2) is 0 Å². The van der Waals surface area contributed by atoms with Crippen LogP contribution in [0.25, 0.3) is 0 Å². The number of unbranched alkanes of at least 4 members (excludes halogenated alkanes) is 1. The van der Waals surface area contributed by atoms with Gasteiger partial charge in [-0.15, -0.1) is 0 Å². The van der Waals surface area contributed by atoms with Gasteiger partial charge in [-0.1, -0.05) is 55.7 Å². The second kappa shape index (κ2) is 8.17. The van der Waals surface area contributed by atoms with E-state index in [1.165, 1.54) is 36.8 Å². The molecule has 2 rings (SSSR count). The van der Waals surface area contributed by atoms with Crippen LogP contribution < -0.4 is 0 Å². The molecule has 0 saturated heterocycles. The molecule has 1 fully saturated rings. The largest absolute Gasteiger partial charge is 0.463 e. The molecule has 0 aliphatic heterocycles. The number of hydrogen-bond donors (Lipinski definition) is 0. The second-order valence-electron chi connectivity index (χ2n) is 6.29. The number of benzene rings is 1. The lowest BCUT2D eigenvalue weighted by Crippen LogP contribution is -2.13. The average molecular weight is 300 g/mol. The Morgan fingerprint density at radius 2 is 1.95 bits per heavy atom. The van der Waals surface area contributed by atoms with E-state index in [9.17, 15) is 4.79 Å². The smallest absolute Gasteiger partial charge is 0.334 e. The summed E-state index contributed by atoms with van der Waals surface area (Å²) in [5.74, 6) is 1.24. The van der Waals surface area contributed by atoms with Gasteiger partial charge in [0.1, 0.15) is 0 Å². The highest BCUT2D eigenvalue weighted by molar-refractivity contribution is 5.90. The Balaban J connectivity index is 2.13. The molecule has 0 unspecified atom stereocenters. The molecule has 1 aromatic carbocycles. The van der Waals surface area contributed by atoms with Crippen molar-refractivity contribution in [2.24, 2.45) is 11.8 Å². The monoisotopic (exact) mass is 300 g/mol. The zero-order valence-corrected chi connectivity index (χ0v) is 14.1. The average Bonchev–Trinajstić information content (AvgIpc) is 3.31. The molecule has 0 radical (unpaired) electrons. The van der Waals surface area contributed by atoms with Crippen molar-refractivity contribution in [1.29, 1.82) is 0 Å². The molecule has 1 aliphatic rings. The van der Waals surface area contributed by atoms with Crippen molar-refractivity contribution < 1.29 is 9.53 Å². The number of carbonyl (C=O) groups is 1. The maximum absolute atomic E-state index is 12.4. The van der Waals surface area contributed by atoms with E-state index in [0.717, 1.165) is 11.5 Å². The molecule has 0 amide bonds. The van der Waals surface area contributed by atoms with E-state index in [-0.39, 0.29) is 5.97 Å². The first-order valence-corrected chi connectivity index (χ1v) is 8.58. The summed E-state index contributed by atoms with van der Waals surface area (Å²) in [6.45, 7) is 6.67. The maximum atomic E-state index is 12.4. The van der Waals surface area contributed by atoms with Crippen molar-refractivity contribution in [2.75, 3.05) is 6.61 Å². The fourth-order valence-electron chi connectivity index (χ4n) is 3.18. The summed E-state index contributed by atoms with van der Waals surface area (Å²) in [6.07, 6.45) is 5.76. The summed E-state index contributed by atoms with van der Waals surface area (Å²) in [5, 5.41) is 0. The van der Waals surface area contributed by atoms with Crippen LogP contribution in [0.2, 0.25) is 0 Å². The predicted molar refractivity (Wildman–Crippen MR) is 90.6 cm³/mol. The Kier molecular flexibility index (Phi) is 6.23. The first-order chi connectivity index (χ1) is 10.7. The number of ether oxygens (including phenoxy) is 1. The van der Waals surface area contributed by atoms with E-state index in [0.29, 0.717) is 18.9 Å². The third-order valence-corrected chi connectivity index (χ3v) is 4.63. The quantitative estimate of drug-likeness (QED) is 0.502. The van der Waals surface area contributed by atoms with Crippen molar-refractivity contribution in [3.63, 3.8) is 0 Å². The highest BCUT2D eigenvalue weighted by Gasteiger charge is 2.39. The van der Waals surface area contributed by atoms with Crippen molar-refractivity contribution in [3.8, 4) is 0 Å². The predicted octanol–water partition coefficient (Wildman–Crippen LogP) is 4.94. The van der Waals surface area contributed by atoms with E-state index in [1.807, 2.05) is 25.1 Å². The van der Waals surface area contributed by atoms with Gasteiger partial charge in [0.25, 0.3) is 0 Å². The van der Waals surface area contributed by atoms with Crippen LogP contribution in [0.5, 0.6) is 0 Å². The molecule has 0 spiro atoms. The van der Waals surface area contributed by atoms with Crippen LogP contribution in [-0.4, -0.2) is 12.6 Å². The molecule has 2 atom stereocenters. The van der Waals surface area contributed by atoms with Crippen LogP contribution in [0.4, 0.5) is 0 Å². The minimum Gasteiger partial charge on any atom is -0.463 e. The molecule has 0 aromatic heterocycles. The Hall–Kier alpha value is -1.57. The number of carbonyl (C=O) groups excluding carboxylic acids is 1. The fraction of sp³-hybridized carbons (Fsp3) is 0.550. The van der Waals surface area contributed by atoms with Crippen LogP contribution in [0.15, 0.2) is 41.5 Å². The van der Waals surface area contributed by atoms with Crippen LogP contribution in [-0.2, 0) is 16.0 Å².